The van der Waals surface area contributed by atoms with Gasteiger partial charge in [0.1, 0.15) is 0 Å². The molecule has 0 saturated heterocycles. The number of hydrogen-bond acceptors (Lipinski definition) is 7. The number of carbonyl (C=O) groups excluding carboxylic acids is 1. The second-order valence-electron chi connectivity index (χ2n) is 4.38. The maximum atomic E-state index is 13.0. The van der Waals surface area contributed by atoms with E-state index in [1.807, 2.05) is 0 Å². The highest BCUT2D eigenvalue weighted by molar-refractivity contribution is 8.00. The molecule has 0 N–H and O–H groups in total. The highest BCUT2D eigenvalue weighted by atomic mass is 32.2. The van der Waals surface area contributed by atoms with E-state index in [-0.39, 0.29) is 40.0 Å². The summed E-state index contributed by atoms with van der Waals surface area (Å²) in [6, 6.07) is 1.46. The molecule has 136 valence electrons. The SMILES string of the molecule is CCOC(=O)CSc1nccc(-n2cc(SC(F)(F)C(F)F)cn2)n1. The normalized spacial score (nSPS) is 11.8. The van der Waals surface area contributed by atoms with Crippen molar-refractivity contribution in [1.82, 2.24) is 19.7 Å². The molecule has 0 aliphatic heterocycles. The van der Waals surface area contributed by atoms with Gasteiger partial charge in [0, 0.05) is 18.5 Å². The average Bonchev–Trinajstić information content (AvgIpc) is 3.01. The van der Waals surface area contributed by atoms with Crippen LogP contribution in [-0.4, -0.2) is 49.8 Å². The van der Waals surface area contributed by atoms with Crippen LogP contribution in [0.4, 0.5) is 17.6 Å². The fraction of sp³-hybridized carbons (Fsp3) is 0.385. The first-order chi connectivity index (χ1) is 11.8. The van der Waals surface area contributed by atoms with Gasteiger partial charge in [0.25, 0.3) is 0 Å². The molecule has 2 aromatic heterocycles. The first-order valence-corrected chi connectivity index (χ1v) is 8.63. The summed E-state index contributed by atoms with van der Waals surface area (Å²) in [4.78, 5) is 19.3. The monoisotopic (exact) mass is 396 g/mol. The number of hydrogen-bond donors (Lipinski definition) is 0. The van der Waals surface area contributed by atoms with Crippen LogP contribution < -0.4 is 0 Å². The van der Waals surface area contributed by atoms with Gasteiger partial charge in [0.05, 0.1) is 23.5 Å². The number of halogens is 4. The van der Waals surface area contributed by atoms with E-state index >= 15 is 0 Å². The predicted octanol–water partition coefficient (Wildman–Crippen LogP) is 3.27. The first kappa shape index (κ1) is 19.5. The Morgan fingerprint density at radius 1 is 1.44 bits per heavy atom. The van der Waals surface area contributed by atoms with Gasteiger partial charge in [0.15, 0.2) is 11.0 Å². The molecule has 0 fully saturated rings. The molecule has 0 bridgehead atoms. The minimum absolute atomic E-state index is 0.0120. The summed E-state index contributed by atoms with van der Waals surface area (Å²) in [6.45, 7) is 1.95. The van der Waals surface area contributed by atoms with Gasteiger partial charge in [-0.1, -0.05) is 11.8 Å². The zero-order valence-electron chi connectivity index (χ0n) is 12.7. The molecular formula is C13H12F4N4O2S2. The Morgan fingerprint density at radius 2 is 2.20 bits per heavy atom. The Bertz CT molecular complexity index is 730. The van der Waals surface area contributed by atoms with Crippen LogP contribution in [0.2, 0.25) is 0 Å². The van der Waals surface area contributed by atoms with Gasteiger partial charge < -0.3 is 4.74 Å². The van der Waals surface area contributed by atoms with Crippen molar-refractivity contribution in [2.24, 2.45) is 0 Å². The summed E-state index contributed by atoms with van der Waals surface area (Å²) in [5.74, 6) is -0.167. The molecule has 0 amide bonds. The molecule has 2 rings (SSSR count). The number of carbonyl (C=O) groups is 1. The van der Waals surface area contributed by atoms with Crippen LogP contribution in [0.1, 0.15) is 6.92 Å². The highest BCUT2D eigenvalue weighted by Gasteiger charge is 2.42. The van der Waals surface area contributed by atoms with Gasteiger partial charge in [-0.3, -0.25) is 4.79 Å². The molecule has 6 nitrogen and oxygen atoms in total. The van der Waals surface area contributed by atoms with E-state index in [0.29, 0.717) is 0 Å². The molecule has 0 spiro atoms. The Balaban J connectivity index is 2.07. The van der Waals surface area contributed by atoms with Crippen molar-refractivity contribution in [2.75, 3.05) is 12.4 Å². The molecule has 0 radical (unpaired) electrons. The van der Waals surface area contributed by atoms with Gasteiger partial charge in [-0.15, -0.1) is 0 Å². The lowest BCUT2D eigenvalue weighted by molar-refractivity contribution is -0.139. The van der Waals surface area contributed by atoms with Crippen LogP contribution in [0, 0.1) is 0 Å². The Labute approximate surface area is 148 Å². The zero-order chi connectivity index (χ0) is 18.4. The van der Waals surface area contributed by atoms with Gasteiger partial charge in [-0.2, -0.15) is 13.9 Å². The van der Waals surface area contributed by atoms with E-state index in [4.69, 9.17) is 4.74 Å². The fourth-order valence-electron chi connectivity index (χ4n) is 1.54. The number of rotatable bonds is 8. The van der Waals surface area contributed by atoms with Crippen molar-refractivity contribution in [3.8, 4) is 5.82 Å². The average molecular weight is 396 g/mol. The molecule has 2 heterocycles. The van der Waals surface area contributed by atoms with E-state index in [0.717, 1.165) is 28.8 Å². The van der Waals surface area contributed by atoms with Gasteiger partial charge in [-0.25, -0.2) is 23.4 Å². The molecule has 2 aromatic rings. The maximum Gasteiger partial charge on any atom is 0.357 e. The van der Waals surface area contributed by atoms with E-state index in [1.54, 1.807) is 6.92 Å². The fourth-order valence-corrected chi connectivity index (χ4v) is 2.82. The molecule has 12 heteroatoms. The second-order valence-corrected chi connectivity index (χ2v) is 6.54. The van der Waals surface area contributed by atoms with Crippen molar-refractivity contribution in [3.05, 3.63) is 24.7 Å². The topological polar surface area (TPSA) is 69.9 Å². The summed E-state index contributed by atoms with van der Waals surface area (Å²) >= 11 is 0.753. The van der Waals surface area contributed by atoms with Crippen LogP contribution in [0.3, 0.4) is 0 Å². The van der Waals surface area contributed by atoms with Crippen LogP contribution in [0.5, 0.6) is 0 Å². The third-order valence-corrected chi connectivity index (χ3v) is 4.28. The van der Waals surface area contributed by atoms with Gasteiger partial charge >= 0.3 is 17.6 Å². The maximum absolute atomic E-state index is 13.0. The van der Waals surface area contributed by atoms with Crippen LogP contribution in [0.25, 0.3) is 5.82 Å². The van der Waals surface area contributed by atoms with Gasteiger partial charge in [-0.05, 0) is 18.7 Å². The van der Waals surface area contributed by atoms with Crippen molar-refractivity contribution in [3.63, 3.8) is 0 Å². The first-order valence-electron chi connectivity index (χ1n) is 6.83. The minimum Gasteiger partial charge on any atom is -0.465 e. The van der Waals surface area contributed by atoms with Crippen LogP contribution >= 0.6 is 23.5 Å². The van der Waals surface area contributed by atoms with Crippen LogP contribution in [0.15, 0.2) is 34.7 Å². The zero-order valence-corrected chi connectivity index (χ0v) is 14.4. The Morgan fingerprint density at radius 3 is 2.88 bits per heavy atom. The van der Waals surface area contributed by atoms with E-state index < -0.39 is 17.6 Å². The van der Waals surface area contributed by atoms with E-state index in [9.17, 15) is 22.4 Å². The Kier molecular flexibility index (Phi) is 6.64. The highest BCUT2D eigenvalue weighted by Crippen LogP contribution is 2.40. The van der Waals surface area contributed by atoms with Crippen molar-refractivity contribution < 1.29 is 27.1 Å². The lowest BCUT2D eigenvalue weighted by atomic mass is 10.6. The molecule has 0 unspecified atom stereocenters. The lowest BCUT2D eigenvalue weighted by Gasteiger charge is -2.12. The number of aromatic nitrogens is 4. The van der Waals surface area contributed by atoms with Crippen molar-refractivity contribution >= 4 is 29.5 Å². The molecule has 0 saturated carbocycles. The number of alkyl halides is 4. The van der Waals surface area contributed by atoms with Crippen molar-refractivity contribution in [1.29, 1.82) is 0 Å². The van der Waals surface area contributed by atoms with Gasteiger partial charge in [0.2, 0.25) is 0 Å². The number of thioether (sulfide) groups is 2. The largest absolute Gasteiger partial charge is 0.465 e. The van der Waals surface area contributed by atoms with E-state index in [1.165, 1.54) is 12.3 Å². The second kappa shape index (κ2) is 8.52. The van der Waals surface area contributed by atoms with Crippen molar-refractivity contribution in [2.45, 2.75) is 28.7 Å². The third kappa shape index (κ3) is 5.59. The van der Waals surface area contributed by atoms with E-state index in [2.05, 4.69) is 15.1 Å². The smallest absolute Gasteiger partial charge is 0.357 e. The number of esters is 1. The molecular weight excluding hydrogens is 384 g/mol. The predicted molar refractivity (Wildman–Crippen MR) is 83.3 cm³/mol. The lowest BCUT2D eigenvalue weighted by Crippen LogP contribution is -2.21. The summed E-state index contributed by atoms with van der Waals surface area (Å²) < 4.78 is 56.5. The summed E-state index contributed by atoms with van der Waals surface area (Å²) in [5.41, 5.74) is 0. The molecule has 0 aliphatic rings. The summed E-state index contributed by atoms with van der Waals surface area (Å²) in [5, 5.41) is -0.128. The number of nitrogens with zero attached hydrogens (tertiary/aromatic N) is 4. The minimum atomic E-state index is -4.21. The standard InChI is InChI=1S/C13H12F4N4O2S2/c1-2-23-10(22)7-24-12-18-4-3-9(20-12)21-6-8(5-19-21)25-13(16,17)11(14)15/h3-6,11H,2,7H2,1H3. The molecule has 0 aromatic carbocycles. The Hall–Kier alpha value is -1.82. The summed E-state index contributed by atoms with van der Waals surface area (Å²) in [7, 11) is 0. The summed E-state index contributed by atoms with van der Waals surface area (Å²) in [6.07, 6.45) is -0.193. The molecule has 0 aliphatic carbocycles. The third-order valence-electron chi connectivity index (χ3n) is 2.54. The van der Waals surface area contributed by atoms with Crippen LogP contribution in [-0.2, 0) is 9.53 Å². The molecule has 0 atom stereocenters. The quantitative estimate of drug-likeness (QED) is 0.294. The number of ether oxygens (including phenoxy) is 1. The molecule has 25 heavy (non-hydrogen) atoms.